The van der Waals surface area contributed by atoms with Crippen molar-refractivity contribution in [1.82, 2.24) is 14.5 Å². The van der Waals surface area contributed by atoms with Crippen molar-refractivity contribution in [1.29, 1.82) is 0 Å². The van der Waals surface area contributed by atoms with E-state index in [9.17, 15) is 4.79 Å². The molecule has 0 spiro atoms. The van der Waals surface area contributed by atoms with Crippen molar-refractivity contribution in [2.24, 2.45) is 5.92 Å². The Morgan fingerprint density at radius 3 is 2.89 bits per heavy atom. The second-order valence-electron chi connectivity index (χ2n) is 5.95. The standard InChI is InChI=1S/C15H23N3O/c1-3-7-18-11(2)9-16-14(18)13-6-8-17(10-13)15(19)12-4-5-12/h9,12-13H,3-8,10H2,1-2H3. The van der Waals surface area contributed by atoms with Gasteiger partial charge in [0, 0.05) is 43.4 Å². The fraction of sp³-hybridized carbons (Fsp3) is 0.733. The summed E-state index contributed by atoms with van der Waals surface area (Å²) in [5, 5.41) is 0. The topological polar surface area (TPSA) is 38.1 Å². The van der Waals surface area contributed by atoms with Crippen LogP contribution in [0.4, 0.5) is 0 Å². The molecule has 1 aliphatic carbocycles. The molecule has 2 heterocycles. The molecule has 3 rings (SSSR count). The first-order valence-corrected chi connectivity index (χ1v) is 7.51. The van der Waals surface area contributed by atoms with E-state index in [4.69, 9.17) is 0 Å². The second kappa shape index (κ2) is 4.99. The Kier molecular flexibility index (Phi) is 3.33. The molecular weight excluding hydrogens is 238 g/mol. The average Bonchev–Trinajstić information content (AvgIpc) is 3.04. The zero-order valence-electron chi connectivity index (χ0n) is 11.9. The van der Waals surface area contributed by atoms with E-state index in [0.29, 0.717) is 17.7 Å². The van der Waals surface area contributed by atoms with Gasteiger partial charge < -0.3 is 9.47 Å². The van der Waals surface area contributed by atoms with Gasteiger partial charge in [0.2, 0.25) is 5.91 Å². The van der Waals surface area contributed by atoms with Gasteiger partial charge in [-0.1, -0.05) is 6.92 Å². The number of amides is 1. The van der Waals surface area contributed by atoms with Gasteiger partial charge in [-0.25, -0.2) is 4.98 Å². The van der Waals surface area contributed by atoms with Crippen LogP contribution in [0.2, 0.25) is 0 Å². The Hall–Kier alpha value is -1.32. The van der Waals surface area contributed by atoms with Crippen molar-refractivity contribution in [2.75, 3.05) is 13.1 Å². The Morgan fingerprint density at radius 2 is 2.21 bits per heavy atom. The molecule has 19 heavy (non-hydrogen) atoms. The normalized spacial score (nSPS) is 23.1. The van der Waals surface area contributed by atoms with Crippen LogP contribution in [0.5, 0.6) is 0 Å². The molecule has 4 heteroatoms. The van der Waals surface area contributed by atoms with Gasteiger partial charge in [0.25, 0.3) is 0 Å². The predicted octanol–water partition coefficient (Wildman–Crippen LogP) is 2.33. The number of hydrogen-bond donors (Lipinski definition) is 0. The van der Waals surface area contributed by atoms with Crippen LogP contribution in [0.1, 0.15) is 50.0 Å². The highest BCUT2D eigenvalue weighted by atomic mass is 16.2. The lowest BCUT2D eigenvalue weighted by Gasteiger charge is -2.17. The molecule has 1 atom stereocenters. The molecular formula is C15H23N3O. The van der Waals surface area contributed by atoms with Crippen LogP contribution in [0.15, 0.2) is 6.20 Å². The third kappa shape index (κ3) is 2.40. The van der Waals surface area contributed by atoms with Crippen LogP contribution in [0, 0.1) is 12.8 Å². The van der Waals surface area contributed by atoms with E-state index in [1.54, 1.807) is 0 Å². The van der Waals surface area contributed by atoms with Crippen molar-refractivity contribution >= 4 is 5.91 Å². The Bertz CT molecular complexity index is 476. The lowest BCUT2D eigenvalue weighted by molar-refractivity contribution is -0.131. The van der Waals surface area contributed by atoms with E-state index in [0.717, 1.165) is 45.3 Å². The summed E-state index contributed by atoms with van der Waals surface area (Å²) in [5.74, 6) is 2.34. The zero-order valence-corrected chi connectivity index (χ0v) is 11.9. The van der Waals surface area contributed by atoms with Gasteiger partial charge in [-0.05, 0) is 32.6 Å². The van der Waals surface area contributed by atoms with Crippen LogP contribution in [-0.4, -0.2) is 33.4 Å². The summed E-state index contributed by atoms with van der Waals surface area (Å²) in [6.45, 7) is 7.14. The quantitative estimate of drug-likeness (QED) is 0.834. The van der Waals surface area contributed by atoms with Gasteiger partial charge in [0.15, 0.2) is 0 Å². The third-order valence-corrected chi connectivity index (χ3v) is 4.32. The van der Waals surface area contributed by atoms with Gasteiger partial charge in [-0.15, -0.1) is 0 Å². The van der Waals surface area contributed by atoms with Gasteiger partial charge in [-0.3, -0.25) is 4.79 Å². The molecule has 0 aromatic carbocycles. The van der Waals surface area contributed by atoms with E-state index < -0.39 is 0 Å². The maximum atomic E-state index is 12.1. The molecule has 1 amide bonds. The number of likely N-dealkylation sites (tertiary alicyclic amines) is 1. The van der Waals surface area contributed by atoms with Gasteiger partial charge in [-0.2, -0.15) is 0 Å². The van der Waals surface area contributed by atoms with E-state index in [1.165, 1.54) is 11.5 Å². The number of nitrogens with zero attached hydrogens (tertiary/aromatic N) is 3. The molecule has 104 valence electrons. The van der Waals surface area contributed by atoms with Gasteiger partial charge in [0.1, 0.15) is 5.82 Å². The molecule has 0 bridgehead atoms. The van der Waals surface area contributed by atoms with E-state index in [1.807, 2.05) is 6.20 Å². The summed E-state index contributed by atoms with van der Waals surface area (Å²) < 4.78 is 2.33. The van der Waals surface area contributed by atoms with Crippen molar-refractivity contribution in [3.8, 4) is 0 Å². The van der Waals surface area contributed by atoms with Gasteiger partial charge in [0.05, 0.1) is 0 Å². The monoisotopic (exact) mass is 261 g/mol. The Labute approximate surface area is 114 Å². The maximum absolute atomic E-state index is 12.1. The summed E-state index contributed by atoms with van der Waals surface area (Å²) >= 11 is 0. The summed E-state index contributed by atoms with van der Waals surface area (Å²) in [4.78, 5) is 18.8. The van der Waals surface area contributed by atoms with E-state index >= 15 is 0 Å². The lowest BCUT2D eigenvalue weighted by Crippen LogP contribution is -2.30. The SMILES string of the molecule is CCCn1c(C)cnc1C1CCN(C(=O)C2CC2)C1. The molecule has 4 nitrogen and oxygen atoms in total. The van der Waals surface area contributed by atoms with Crippen molar-refractivity contribution in [2.45, 2.75) is 52.0 Å². The minimum Gasteiger partial charge on any atom is -0.342 e. The first-order chi connectivity index (χ1) is 9.20. The van der Waals surface area contributed by atoms with Gasteiger partial charge >= 0.3 is 0 Å². The smallest absolute Gasteiger partial charge is 0.225 e. The summed E-state index contributed by atoms with van der Waals surface area (Å²) in [5.41, 5.74) is 1.24. The highest BCUT2D eigenvalue weighted by Gasteiger charge is 2.37. The molecule has 0 radical (unpaired) electrons. The minimum absolute atomic E-state index is 0.343. The van der Waals surface area contributed by atoms with E-state index in [-0.39, 0.29) is 0 Å². The summed E-state index contributed by atoms with van der Waals surface area (Å²) in [6.07, 6.45) is 6.36. The second-order valence-corrected chi connectivity index (χ2v) is 5.95. The summed E-state index contributed by atoms with van der Waals surface area (Å²) in [6, 6.07) is 0. The van der Waals surface area contributed by atoms with Crippen molar-refractivity contribution < 1.29 is 4.79 Å². The first-order valence-electron chi connectivity index (χ1n) is 7.51. The average molecular weight is 261 g/mol. The van der Waals surface area contributed by atoms with Crippen LogP contribution >= 0.6 is 0 Å². The molecule has 1 aliphatic heterocycles. The zero-order chi connectivity index (χ0) is 13.4. The molecule has 0 N–H and O–H groups in total. The Balaban J connectivity index is 1.71. The van der Waals surface area contributed by atoms with Crippen LogP contribution < -0.4 is 0 Å². The molecule has 1 saturated heterocycles. The minimum atomic E-state index is 0.343. The number of aryl methyl sites for hydroxylation is 1. The molecule has 1 saturated carbocycles. The van der Waals surface area contributed by atoms with Crippen LogP contribution in [-0.2, 0) is 11.3 Å². The highest BCUT2D eigenvalue weighted by molar-refractivity contribution is 5.81. The predicted molar refractivity (Wildman–Crippen MR) is 73.9 cm³/mol. The number of rotatable bonds is 4. The molecule has 1 aromatic rings. The third-order valence-electron chi connectivity index (χ3n) is 4.32. The molecule has 2 fully saturated rings. The highest BCUT2D eigenvalue weighted by Crippen LogP contribution is 2.35. The number of aromatic nitrogens is 2. The number of hydrogen-bond acceptors (Lipinski definition) is 2. The molecule has 1 unspecified atom stereocenters. The molecule has 1 aromatic heterocycles. The Morgan fingerprint density at radius 1 is 1.42 bits per heavy atom. The van der Waals surface area contributed by atoms with Crippen LogP contribution in [0.25, 0.3) is 0 Å². The summed E-state index contributed by atoms with van der Waals surface area (Å²) in [7, 11) is 0. The lowest BCUT2D eigenvalue weighted by atomic mass is 10.1. The molecule has 2 aliphatic rings. The van der Waals surface area contributed by atoms with Crippen molar-refractivity contribution in [3.05, 3.63) is 17.7 Å². The fourth-order valence-corrected chi connectivity index (χ4v) is 3.08. The van der Waals surface area contributed by atoms with E-state index in [2.05, 4.69) is 28.3 Å². The number of imidazole rings is 1. The largest absolute Gasteiger partial charge is 0.342 e. The van der Waals surface area contributed by atoms with Crippen molar-refractivity contribution in [3.63, 3.8) is 0 Å². The number of carbonyl (C=O) groups excluding carboxylic acids is 1. The van der Waals surface area contributed by atoms with Crippen LogP contribution in [0.3, 0.4) is 0 Å². The fourth-order valence-electron chi connectivity index (χ4n) is 3.08. The number of carbonyl (C=O) groups is 1. The first kappa shape index (κ1) is 12.7. The maximum Gasteiger partial charge on any atom is 0.225 e.